The van der Waals surface area contributed by atoms with E-state index in [1.54, 1.807) is 32.1 Å². The fraction of sp³-hybridized carbons (Fsp3) is 0.700. The molecule has 3 heterocycles. The normalized spacial score (nSPS) is 34.7. The average molecular weight is 578 g/mol. The molecular weight excluding hydrogens is 530 g/mol. The van der Waals surface area contributed by atoms with E-state index in [1.807, 2.05) is 26.0 Å². The number of hydrogen-bond acceptors (Lipinski definition) is 9. The van der Waals surface area contributed by atoms with Crippen molar-refractivity contribution in [1.82, 2.24) is 15.8 Å². The summed E-state index contributed by atoms with van der Waals surface area (Å²) in [6, 6.07) is -0.123. The Hall–Kier alpha value is -2.57. The fourth-order valence-corrected chi connectivity index (χ4v) is 5.39. The van der Waals surface area contributed by atoms with Crippen LogP contribution in [0.2, 0.25) is 0 Å². The third kappa shape index (κ3) is 10.0. The molecule has 3 aliphatic rings. The van der Waals surface area contributed by atoms with Crippen LogP contribution >= 0.6 is 0 Å². The number of hydrogen-bond donors (Lipinski definition) is 3. The summed E-state index contributed by atoms with van der Waals surface area (Å²) in [6.07, 6.45) is 8.60. The van der Waals surface area contributed by atoms with Gasteiger partial charge in [-0.05, 0) is 45.6 Å². The SMILES string of the molecule is CC(=O)OC(C)C=CC(=O)N[C@@H]1C[C@H](C)[C@H](CC=C(C)C=C[C@H]2O[C@H](CC(=O)NN(C)C)C[C@@]3(CO3)[C@@H]2O)O[C@@H]1C. The molecule has 1 unspecified atom stereocenters. The quantitative estimate of drug-likeness (QED) is 0.111. The molecule has 0 bridgehead atoms. The molecule has 0 aromatic rings. The van der Waals surface area contributed by atoms with Crippen LogP contribution in [0.3, 0.4) is 0 Å². The maximum atomic E-state index is 12.4. The molecule has 0 saturated carbocycles. The van der Waals surface area contributed by atoms with Gasteiger partial charge in [0.1, 0.15) is 23.9 Å². The number of allylic oxidation sites excluding steroid dienone is 2. The second kappa shape index (κ2) is 14.6. The van der Waals surface area contributed by atoms with Crippen molar-refractivity contribution in [3.05, 3.63) is 36.0 Å². The van der Waals surface area contributed by atoms with Gasteiger partial charge in [0, 0.05) is 33.5 Å². The van der Waals surface area contributed by atoms with Gasteiger partial charge in [-0.25, -0.2) is 5.01 Å². The van der Waals surface area contributed by atoms with E-state index in [-0.39, 0.29) is 48.5 Å². The number of aliphatic hydroxyl groups excluding tert-OH is 1. The minimum Gasteiger partial charge on any atom is -0.459 e. The fourth-order valence-electron chi connectivity index (χ4n) is 5.39. The summed E-state index contributed by atoms with van der Waals surface area (Å²) < 4.78 is 23.0. The summed E-state index contributed by atoms with van der Waals surface area (Å²) in [5, 5.41) is 15.4. The molecule has 230 valence electrons. The van der Waals surface area contributed by atoms with Crippen LogP contribution in [0.4, 0.5) is 0 Å². The van der Waals surface area contributed by atoms with Crippen molar-refractivity contribution in [2.45, 2.75) is 109 Å². The van der Waals surface area contributed by atoms with Crippen LogP contribution in [0.25, 0.3) is 0 Å². The molecule has 2 amide bonds. The maximum Gasteiger partial charge on any atom is 0.303 e. The number of esters is 1. The summed E-state index contributed by atoms with van der Waals surface area (Å²) in [5.74, 6) is -0.568. The average Bonchev–Trinajstić information content (AvgIpc) is 3.64. The summed E-state index contributed by atoms with van der Waals surface area (Å²) in [7, 11) is 3.50. The molecule has 0 radical (unpaired) electrons. The molecule has 0 aromatic carbocycles. The highest BCUT2D eigenvalue weighted by molar-refractivity contribution is 5.87. The molecule has 3 N–H and O–H groups in total. The molecule has 1 spiro atoms. The van der Waals surface area contributed by atoms with Crippen molar-refractivity contribution in [2.24, 2.45) is 5.92 Å². The Labute approximate surface area is 243 Å². The van der Waals surface area contributed by atoms with E-state index in [9.17, 15) is 19.5 Å². The molecule has 0 aromatic heterocycles. The Balaban J connectivity index is 1.50. The second-order valence-corrected chi connectivity index (χ2v) is 11.8. The van der Waals surface area contributed by atoms with E-state index in [1.165, 1.54) is 13.0 Å². The lowest BCUT2D eigenvalue weighted by atomic mass is 9.87. The zero-order chi connectivity index (χ0) is 30.3. The summed E-state index contributed by atoms with van der Waals surface area (Å²) in [6.45, 7) is 9.54. The number of rotatable bonds is 11. The van der Waals surface area contributed by atoms with Crippen LogP contribution < -0.4 is 10.7 Å². The first-order valence-electron chi connectivity index (χ1n) is 14.4. The molecule has 0 aliphatic carbocycles. The number of carbonyl (C=O) groups is 3. The van der Waals surface area contributed by atoms with Crippen molar-refractivity contribution >= 4 is 17.8 Å². The predicted molar refractivity (Wildman–Crippen MR) is 152 cm³/mol. The lowest BCUT2D eigenvalue weighted by Gasteiger charge is -2.39. The van der Waals surface area contributed by atoms with Crippen LogP contribution in [0.5, 0.6) is 0 Å². The Morgan fingerprint density at radius 3 is 2.51 bits per heavy atom. The van der Waals surface area contributed by atoms with Crippen LogP contribution in [-0.4, -0.2) is 96.9 Å². The molecular formula is C30H47N3O8. The maximum absolute atomic E-state index is 12.4. The zero-order valence-electron chi connectivity index (χ0n) is 25.3. The molecule has 11 nitrogen and oxygen atoms in total. The van der Waals surface area contributed by atoms with Crippen LogP contribution in [0.1, 0.15) is 60.3 Å². The van der Waals surface area contributed by atoms with E-state index in [4.69, 9.17) is 18.9 Å². The molecule has 41 heavy (non-hydrogen) atoms. The zero-order valence-corrected chi connectivity index (χ0v) is 25.3. The minimum absolute atomic E-state index is 0.000256. The van der Waals surface area contributed by atoms with Gasteiger partial charge < -0.3 is 29.4 Å². The Kier molecular flexibility index (Phi) is 11.7. The van der Waals surface area contributed by atoms with Gasteiger partial charge in [0.15, 0.2) is 0 Å². The largest absolute Gasteiger partial charge is 0.459 e. The van der Waals surface area contributed by atoms with Crippen LogP contribution in [0.15, 0.2) is 36.0 Å². The molecule has 3 saturated heterocycles. The monoisotopic (exact) mass is 577 g/mol. The van der Waals surface area contributed by atoms with Crippen molar-refractivity contribution < 1.29 is 38.4 Å². The lowest BCUT2D eigenvalue weighted by Crippen LogP contribution is -2.51. The van der Waals surface area contributed by atoms with E-state index in [0.717, 1.165) is 12.0 Å². The molecule has 3 fully saturated rings. The third-order valence-electron chi connectivity index (χ3n) is 7.69. The summed E-state index contributed by atoms with van der Waals surface area (Å²) in [4.78, 5) is 35.6. The van der Waals surface area contributed by atoms with Gasteiger partial charge in [-0.3, -0.25) is 19.8 Å². The second-order valence-electron chi connectivity index (χ2n) is 11.8. The van der Waals surface area contributed by atoms with Crippen LogP contribution in [0, 0.1) is 5.92 Å². The van der Waals surface area contributed by atoms with Crippen LogP contribution in [-0.2, 0) is 33.3 Å². The highest BCUT2D eigenvalue weighted by Crippen LogP contribution is 2.43. The lowest BCUT2D eigenvalue weighted by molar-refractivity contribution is -0.147. The number of ether oxygens (including phenoxy) is 4. The molecule has 3 aliphatic heterocycles. The highest BCUT2D eigenvalue weighted by atomic mass is 16.6. The van der Waals surface area contributed by atoms with Gasteiger partial charge in [-0.2, -0.15) is 0 Å². The Morgan fingerprint density at radius 1 is 1.17 bits per heavy atom. The van der Waals surface area contributed by atoms with E-state index >= 15 is 0 Å². The minimum atomic E-state index is -0.797. The van der Waals surface area contributed by atoms with E-state index in [2.05, 4.69) is 23.7 Å². The number of carbonyl (C=O) groups excluding carboxylic acids is 3. The molecule has 3 rings (SSSR count). The first-order valence-corrected chi connectivity index (χ1v) is 14.4. The van der Waals surface area contributed by atoms with Gasteiger partial charge in [0.25, 0.3) is 0 Å². The predicted octanol–water partition coefficient (Wildman–Crippen LogP) is 1.96. The smallest absolute Gasteiger partial charge is 0.303 e. The first-order chi connectivity index (χ1) is 19.3. The van der Waals surface area contributed by atoms with Crippen molar-refractivity contribution in [3.63, 3.8) is 0 Å². The third-order valence-corrected chi connectivity index (χ3v) is 7.69. The number of epoxide rings is 1. The van der Waals surface area contributed by atoms with Gasteiger partial charge in [0.05, 0.1) is 37.4 Å². The number of amides is 2. The van der Waals surface area contributed by atoms with Gasteiger partial charge >= 0.3 is 5.97 Å². The standard InChI is InChI=1S/C30H47N3O8/c1-18(9-12-26-29(37)30(17-38-30)16-23(41-26)15-28(36)32-33(6)7)8-11-25-19(2)14-24(21(4)40-25)31-27(35)13-10-20(3)39-22(5)34/h8-10,12-13,19-21,23-26,29,37H,11,14-17H2,1-7H3,(H,31,35)(H,32,36)/t19-,20?,21+,23+,24+,25-,26+,29+,30+/m0/s1. The molecule has 9 atom stereocenters. The van der Waals surface area contributed by atoms with Gasteiger partial charge in [0.2, 0.25) is 11.8 Å². The number of aliphatic hydroxyl groups is 1. The number of nitrogens with one attached hydrogen (secondary N) is 2. The van der Waals surface area contributed by atoms with Crippen molar-refractivity contribution in [3.8, 4) is 0 Å². The Morgan fingerprint density at radius 2 is 1.88 bits per heavy atom. The van der Waals surface area contributed by atoms with E-state index < -0.39 is 29.9 Å². The number of hydrazine groups is 1. The highest BCUT2D eigenvalue weighted by Gasteiger charge is 2.58. The van der Waals surface area contributed by atoms with E-state index in [0.29, 0.717) is 19.4 Å². The first kappa shape index (κ1) is 32.9. The van der Waals surface area contributed by atoms with Gasteiger partial charge in [-0.1, -0.05) is 30.7 Å². The summed E-state index contributed by atoms with van der Waals surface area (Å²) in [5.41, 5.74) is 3.09. The van der Waals surface area contributed by atoms with Crippen molar-refractivity contribution in [2.75, 3.05) is 20.7 Å². The molecule has 11 heteroatoms. The Bertz CT molecular complexity index is 1020. The van der Waals surface area contributed by atoms with Gasteiger partial charge in [-0.15, -0.1) is 0 Å². The summed E-state index contributed by atoms with van der Waals surface area (Å²) >= 11 is 0. The van der Waals surface area contributed by atoms with Crippen molar-refractivity contribution in [1.29, 1.82) is 0 Å². The number of nitrogens with zero attached hydrogens (tertiary/aromatic N) is 1. The topological polar surface area (TPSA) is 139 Å².